The van der Waals surface area contributed by atoms with Gasteiger partial charge in [-0.15, -0.1) is 11.8 Å². The monoisotopic (exact) mass is 564 g/mol. The van der Waals surface area contributed by atoms with Gasteiger partial charge in [0.2, 0.25) is 11.8 Å². The number of hydrogen-bond acceptors (Lipinski definition) is 6. The Kier molecular flexibility index (Phi) is 8.83. The van der Waals surface area contributed by atoms with Crippen LogP contribution in [0.3, 0.4) is 0 Å². The Bertz CT molecular complexity index is 1390. The summed E-state index contributed by atoms with van der Waals surface area (Å²) in [5, 5.41) is 7.96. The van der Waals surface area contributed by atoms with E-state index in [0.29, 0.717) is 17.3 Å². The number of carbonyl (C=O) groups is 2. The van der Waals surface area contributed by atoms with Gasteiger partial charge in [0.1, 0.15) is 12.4 Å². The van der Waals surface area contributed by atoms with Gasteiger partial charge in [-0.3, -0.25) is 14.5 Å². The van der Waals surface area contributed by atoms with E-state index in [1.807, 2.05) is 67.9 Å². The van der Waals surface area contributed by atoms with Crippen molar-refractivity contribution < 1.29 is 19.1 Å². The first-order valence-electron chi connectivity index (χ1n) is 13.6. The highest BCUT2D eigenvalue weighted by atomic mass is 32.2. The average Bonchev–Trinajstić information content (AvgIpc) is 3.26. The molecule has 8 nitrogen and oxygen atoms in total. The van der Waals surface area contributed by atoms with Crippen molar-refractivity contribution in [2.45, 2.75) is 64.7 Å². The minimum Gasteiger partial charge on any atom is -0.493 e. The van der Waals surface area contributed by atoms with E-state index in [2.05, 4.69) is 26.1 Å². The summed E-state index contributed by atoms with van der Waals surface area (Å²) in [6, 6.07) is 13.9. The van der Waals surface area contributed by atoms with Gasteiger partial charge in [0.05, 0.1) is 36.6 Å². The van der Waals surface area contributed by atoms with Gasteiger partial charge in [0.25, 0.3) is 0 Å². The summed E-state index contributed by atoms with van der Waals surface area (Å²) in [5.41, 5.74) is 4.34. The summed E-state index contributed by atoms with van der Waals surface area (Å²) in [7, 11) is 3.23. The quantitative estimate of drug-likeness (QED) is 0.385. The molecule has 4 rings (SSSR count). The van der Waals surface area contributed by atoms with E-state index in [4.69, 9.17) is 14.6 Å². The molecule has 2 aromatic carbocycles. The highest BCUT2D eigenvalue weighted by molar-refractivity contribution is 8.00. The summed E-state index contributed by atoms with van der Waals surface area (Å²) < 4.78 is 13.0. The third-order valence-electron chi connectivity index (χ3n) is 7.08. The van der Waals surface area contributed by atoms with Gasteiger partial charge < -0.3 is 14.8 Å². The number of nitrogens with zero attached hydrogens (tertiary/aromatic N) is 3. The molecular weight excluding hydrogens is 524 g/mol. The molecule has 2 atom stereocenters. The van der Waals surface area contributed by atoms with Gasteiger partial charge in [-0.05, 0) is 55.7 Å². The van der Waals surface area contributed by atoms with Crippen molar-refractivity contribution in [3.63, 3.8) is 0 Å². The minimum absolute atomic E-state index is 0.00903. The Morgan fingerprint density at radius 1 is 1.15 bits per heavy atom. The SMILES string of the molecule is CC[C@H](C)NC(=O)CN1C(=O)CS[C@H](c2ccc(OC)c(OC)c2)c2c(C(C)(C)C)nn(-c3cccc(C)c3)c21. The Morgan fingerprint density at radius 2 is 1.88 bits per heavy atom. The highest BCUT2D eigenvalue weighted by Gasteiger charge is 2.40. The number of carbonyl (C=O) groups excluding carboxylic acids is 2. The fourth-order valence-corrected chi connectivity index (χ4v) is 6.05. The zero-order valence-corrected chi connectivity index (χ0v) is 25.5. The maximum absolute atomic E-state index is 13.8. The van der Waals surface area contributed by atoms with Gasteiger partial charge in [0.15, 0.2) is 11.5 Å². The molecule has 0 aliphatic carbocycles. The molecule has 2 amide bonds. The number of nitrogens with one attached hydrogen (secondary N) is 1. The number of anilines is 1. The molecule has 0 spiro atoms. The van der Waals surface area contributed by atoms with Crippen molar-refractivity contribution in [2.75, 3.05) is 31.4 Å². The Labute approximate surface area is 241 Å². The standard InChI is InChI=1S/C31H40N4O4S/c1-9-20(3)32-25(36)17-34-26(37)18-40-28(21-13-14-23(38-7)24(16-21)39-8)27-29(31(4,5)6)33-35(30(27)34)22-12-10-11-19(2)15-22/h10-16,20,28H,9,17-18H2,1-8H3,(H,32,36)/t20-,28+/m0/s1. The third kappa shape index (κ3) is 5.99. The lowest BCUT2D eigenvalue weighted by atomic mass is 9.87. The first kappa shape index (κ1) is 29.5. The van der Waals surface area contributed by atoms with E-state index in [1.165, 1.54) is 11.8 Å². The van der Waals surface area contributed by atoms with Crippen molar-refractivity contribution in [3.8, 4) is 17.2 Å². The number of fused-ring (bicyclic) bond motifs is 1. The second-order valence-electron chi connectivity index (χ2n) is 11.2. The van der Waals surface area contributed by atoms with Gasteiger partial charge in [-0.2, -0.15) is 5.10 Å². The highest BCUT2D eigenvalue weighted by Crippen LogP contribution is 2.49. The summed E-state index contributed by atoms with van der Waals surface area (Å²) in [4.78, 5) is 28.6. The van der Waals surface area contributed by atoms with Crippen LogP contribution in [-0.2, 0) is 15.0 Å². The maximum atomic E-state index is 13.8. The number of ether oxygens (including phenoxy) is 2. The second kappa shape index (κ2) is 12.0. The van der Waals surface area contributed by atoms with E-state index >= 15 is 0 Å². The minimum atomic E-state index is -0.341. The molecule has 1 aliphatic heterocycles. The van der Waals surface area contributed by atoms with E-state index in [0.717, 1.165) is 34.5 Å². The van der Waals surface area contributed by atoms with Crippen LogP contribution < -0.4 is 19.7 Å². The van der Waals surface area contributed by atoms with Crippen LogP contribution in [-0.4, -0.2) is 54.2 Å². The van der Waals surface area contributed by atoms with E-state index in [9.17, 15) is 9.59 Å². The van der Waals surface area contributed by atoms with Crippen molar-refractivity contribution in [2.24, 2.45) is 0 Å². The molecule has 1 aliphatic rings. The van der Waals surface area contributed by atoms with Gasteiger partial charge >= 0.3 is 0 Å². The Hall–Kier alpha value is -3.46. The molecule has 1 aromatic heterocycles. The van der Waals surface area contributed by atoms with Gasteiger partial charge in [0, 0.05) is 17.0 Å². The summed E-state index contributed by atoms with van der Waals surface area (Å²) in [6.45, 7) is 12.3. The molecule has 9 heteroatoms. The van der Waals surface area contributed by atoms with Crippen LogP contribution in [0.2, 0.25) is 0 Å². The zero-order valence-electron chi connectivity index (χ0n) is 24.7. The van der Waals surface area contributed by atoms with Crippen molar-refractivity contribution >= 4 is 29.4 Å². The Morgan fingerprint density at radius 3 is 2.50 bits per heavy atom. The topological polar surface area (TPSA) is 85.7 Å². The number of aromatic nitrogens is 2. The molecule has 40 heavy (non-hydrogen) atoms. The van der Waals surface area contributed by atoms with Crippen LogP contribution in [0.1, 0.15) is 68.7 Å². The summed E-state index contributed by atoms with van der Waals surface area (Å²) >= 11 is 1.54. The number of thioether (sulfide) groups is 1. The first-order chi connectivity index (χ1) is 19.0. The average molecular weight is 565 g/mol. The third-order valence-corrected chi connectivity index (χ3v) is 8.33. The molecule has 0 saturated heterocycles. The van der Waals surface area contributed by atoms with Crippen LogP contribution in [0.4, 0.5) is 5.82 Å². The van der Waals surface area contributed by atoms with Crippen molar-refractivity contribution in [1.29, 1.82) is 0 Å². The van der Waals surface area contributed by atoms with Crippen LogP contribution in [0, 0.1) is 6.92 Å². The largest absolute Gasteiger partial charge is 0.493 e. The molecule has 2 heterocycles. The predicted octanol–water partition coefficient (Wildman–Crippen LogP) is 5.58. The molecular formula is C31H40N4O4S. The number of rotatable bonds is 8. The smallest absolute Gasteiger partial charge is 0.240 e. The van der Waals surface area contributed by atoms with Crippen molar-refractivity contribution in [3.05, 3.63) is 64.8 Å². The molecule has 0 bridgehead atoms. The first-order valence-corrected chi connectivity index (χ1v) is 14.7. The number of methoxy groups -OCH3 is 2. The number of aryl methyl sites for hydroxylation is 1. The normalized spacial score (nSPS) is 16.2. The molecule has 214 valence electrons. The van der Waals surface area contributed by atoms with Crippen LogP contribution >= 0.6 is 11.8 Å². The zero-order chi connectivity index (χ0) is 29.2. The fraction of sp³-hybridized carbons (Fsp3) is 0.452. The second-order valence-corrected chi connectivity index (χ2v) is 12.3. The van der Waals surface area contributed by atoms with Gasteiger partial charge in [-0.25, -0.2) is 4.68 Å². The molecule has 3 aromatic rings. The van der Waals surface area contributed by atoms with Crippen LogP contribution in [0.15, 0.2) is 42.5 Å². The summed E-state index contributed by atoms with van der Waals surface area (Å²) in [5.74, 6) is 1.76. The maximum Gasteiger partial charge on any atom is 0.240 e. The fourth-order valence-electron chi connectivity index (χ4n) is 4.86. The lowest BCUT2D eigenvalue weighted by Crippen LogP contribution is -2.44. The van der Waals surface area contributed by atoms with Crippen molar-refractivity contribution in [1.82, 2.24) is 15.1 Å². The van der Waals surface area contributed by atoms with E-state index in [-0.39, 0.29) is 40.8 Å². The lowest BCUT2D eigenvalue weighted by molar-refractivity contribution is -0.123. The molecule has 0 saturated carbocycles. The van der Waals surface area contributed by atoms with Gasteiger partial charge in [-0.1, -0.05) is 45.9 Å². The number of benzene rings is 2. The molecule has 0 radical (unpaired) electrons. The summed E-state index contributed by atoms with van der Waals surface area (Å²) in [6.07, 6.45) is 0.803. The van der Waals surface area contributed by atoms with E-state index in [1.54, 1.807) is 19.1 Å². The van der Waals surface area contributed by atoms with Crippen LogP contribution in [0.5, 0.6) is 11.5 Å². The molecule has 1 N–H and O–H groups in total. The number of amides is 2. The van der Waals surface area contributed by atoms with E-state index < -0.39 is 0 Å². The number of hydrogen-bond donors (Lipinski definition) is 1. The Balaban J connectivity index is 2.00. The molecule has 0 unspecified atom stereocenters. The van der Waals surface area contributed by atoms with Crippen LogP contribution in [0.25, 0.3) is 5.69 Å². The molecule has 0 fully saturated rings. The predicted molar refractivity (Wildman–Crippen MR) is 161 cm³/mol. The lowest BCUT2D eigenvalue weighted by Gasteiger charge is -2.25.